The maximum Gasteiger partial charge on any atom is 0.407 e. The minimum absolute atomic E-state index is 0.0138. The van der Waals surface area contributed by atoms with Gasteiger partial charge >= 0.3 is 6.09 Å². The Kier molecular flexibility index (Phi) is 8.34. The first-order valence-electron chi connectivity index (χ1n) is 13.9. The summed E-state index contributed by atoms with van der Waals surface area (Å²) < 4.78 is 39.3. The first kappa shape index (κ1) is 28.4. The van der Waals surface area contributed by atoms with Gasteiger partial charge in [-0.1, -0.05) is 36.4 Å². The fourth-order valence-electron chi connectivity index (χ4n) is 6.01. The predicted molar refractivity (Wildman–Crippen MR) is 149 cm³/mol. The van der Waals surface area contributed by atoms with Gasteiger partial charge in [0, 0.05) is 55.9 Å². The number of methoxy groups -OCH3 is 1. The summed E-state index contributed by atoms with van der Waals surface area (Å²) in [5.74, 6) is 0.504. The topological polar surface area (TPSA) is 134 Å². The van der Waals surface area contributed by atoms with E-state index in [0.717, 1.165) is 46.8 Å². The molecule has 0 radical (unpaired) electrons. The van der Waals surface area contributed by atoms with Crippen LogP contribution in [-0.2, 0) is 25.0 Å². The second kappa shape index (κ2) is 11.8. The largest absolute Gasteiger partial charge is 0.465 e. The summed E-state index contributed by atoms with van der Waals surface area (Å²) in [6.07, 6.45) is 2.73. The SMILES string of the molecule is COCCCCC1(CNC(=O)[C@H]2C[C@@H](NS(=O)(=O)C3CC3)CN(C(=O)O)C2)c2ccccc2Oc2ccccc21. The number of rotatable bonds is 11. The molecular weight excluding hydrogens is 534 g/mol. The van der Waals surface area contributed by atoms with Crippen LogP contribution in [0, 0.1) is 5.92 Å². The van der Waals surface area contributed by atoms with E-state index < -0.39 is 38.7 Å². The molecule has 40 heavy (non-hydrogen) atoms. The van der Waals surface area contributed by atoms with E-state index in [4.69, 9.17) is 9.47 Å². The number of para-hydroxylation sites is 2. The molecule has 0 bridgehead atoms. The number of benzene rings is 2. The molecule has 2 fully saturated rings. The van der Waals surface area contributed by atoms with Crippen LogP contribution in [0.1, 0.15) is 49.7 Å². The number of carbonyl (C=O) groups is 2. The minimum atomic E-state index is -3.53. The van der Waals surface area contributed by atoms with Gasteiger partial charge in [-0.05, 0) is 50.7 Å². The van der Waals surface area contributed by atoms with E-state index in [0.29, 0.717) is 19.4 Å². The highest BCUT2D eigenvalue weighted by atomic mass is 32.2. The number of nitrogens with one attached hydrogen (secondary N) is 2. The standard InChI is InChI=1S/C29H37N3O7S/c1-38-15-7-6-14-29(23-8-2-4-10-25(23)39-26-11-5-3-9-24(26)29)19-30-27(33)20-16-21(18-32(17-20)28(34)35)31-40(36,37)22-12-13-22/h2-5,8-11,20-22,31H,6-7,12-19H2,1H3,(H,30,33)(H,34,35)/t20-,21+/m0/s1. The summed E-state index contributed by atoms with van der Waals surface area (Å²) in [5, 5.41) is 12.4. The van der Waals surface area contributed by atoms with Crippen LogP contribution in [0.4, 0.5) is 4.79 Å². The fraction of sp³-hybridized carbons (Fsp3) is 0.517. The molecule has 10 nitrogen and oxygen atoms in total. The summed E-state index contributed by atoms with van der Waals surface area (Å²) in [4.78, 5) is 26.7. The number of carbonyl (C=O) groups excluding carboxylic acids is 1. The van der Waals surface area contributed by atoms with Crippen molar-refractivity contribution in [2.24, 2.45) is 5.92 Å². The van der Waals surface area contributed by atoms with Gasteiger partial charge in [-0.25, -0.2) is 17.9 Å². The van der Waals surface area contributed by atoms with Gasteiger partial charge in [0.2, 0.25) is 15.9 Å². The Hall–Kier alpha value is -3.15. The van der Waals surface area contributed by atoms with Crippen molar-refractivity contribution in [2.75, 3.05) is 33.4 Å². The fourth-order valence-corrected chi connectivity index (χ4v) is 7.59. The van der Waals surface area contributed by atoms with E-state index in [9.17, 15) is 23.1 Å². The molecule has 2 aliphatic heterocycles. The third-order valence-corrected chi connectivity index (χ3v) is 10.2. The van der Waals surface area contributed by atoms with Crippen molar-refractivity contribution >= 4 is 22.0 Å². The molecule has 3 aliphatic rings. The predicted octanol–water partition coefficient (Wildman–Crippen LogP) is 3.46. The Morgan fingerprint density at radius 3 is 2.30 bits per heavy atom. The maximum absolute atomic E-state index is 13.6. The Labute approximate surface area is 235 Å². The van der Waals surface area contributed by atoms with E-state index in [2.05, 4.69) is 10.0 Å². The molecule has 1 saturated heterocycles. The highest BCUT2D eigenvalue weighted by Gasteiger charge is 2.44. The van der Waals surface area contributed by atoms with Gasteiger partial charge < -0.3 is 24.8 Å². The third-order valence-electron chi connectivity index (χ3n) is 8.18. The van der Waals surface area contributed by atoms with Crippen molar-refractivity contribution in [1.82, 2.24) is 14.9 Å². The zero-order chi connectivity index (χ0) is 28.3. The van der Waals surface area contributed by atoms with Gasteiger partial charge in [-0.15, -0.1) is 0 Å². The summed E-state index contributed by atoms with van der Waals surface area (Å²) in [5.41, 5.74) is 1.40. The van der Waals surface area contributed by atoms with Crippen LogP contribution < -0.4 is 14.8 Å². The summed E-state index contributed by atoms with van der Waals surface area (Å²) >= 11 is 0. The summed E-state index contributed by atoms with van der Waals surface area (Å²) in [7, 11) is -1.85. The monoisotopic (exact) mass is 571 g/mol. The molecule has 0 spiro atoms. The Morgan fingerprint density at radius 1 is 1.05 bits per heavy atom. The van der Waals surface area contributed by atoms with Crippen LogP contribution in [0.3, 0.4) is 0 Å². The summed E-state index contributed by atoms with van der Waals surface area (Å²) in [6, 6.07) is 15.0. The second-order valence-corrected chi connectivity index (χ2v) is 13.0. The third kappa shape index (κ3) is 5.96. The van der Waals surface area contributed by atoms with Crippen molar-refractivity contribution in [1.29, 1.82) is 0 Å². The van der Waals surface area contributed by atoms with Crippen LogP contribution in [0.15, 0.2) is 48.5 Å². The van der Waals surface area contributed by atoms with E-state index in [1.54, 1.807) is 7.11 Å². The van der Waals surface area contributed by atoms with Gasteiger partial charge in [0.1, 0.15) is 11.5 Å². The number of likely N-dealkylation sites (tertiary alicyclic amines) is 1. The van der Waals surface area contributed by atoms with Crippen molar-refractivity contribution < 1.29 is 32.6 Å². The van der Waals surface area contributed by atoms with Crippen LogP contribution >= 0.6 is 0 Å². The molecule has 1 saturated carbocycles. The highest BCUT2D eigenvalue weighted by molar-refractivity contribution is 7.90. The van der Waals surface area contributed by atoms with Crippen molar-refractivity contribution in [2.45, 2.75) is 55.2 Å². The van der Waals surface area contributed by atoms with Gasteiger partial charge in [0.15, 0.2) is 0 Å². The lowest BCUT2D eigenvalue weighted by Crippen LogP contribution is -2.56. The molecule has 1 aliphatic carbocycles. The number of sulfonamides is 1. The van der Waals surface area contributed by atoms with Crippen LogP contribution in [0.25, 0.3) is 0 Å². The molecule has 11 heteroatoms. The lowest BCUT2D eigenvalue weighted by atomic mass is 9.69. The number of carboxylic acid groups (broad SMARTS) is 1. The quantitative estimate of drug-likeness (QED) is 0.352. The average Bonchev–Trinajstić information content (AvgIpc) is 3.80. The lowest BCUT2D eigenvalue weighted by molar-refractivity contribution is -0.126. The van der Waals surface area contributed by atoms with E-state index in [1.807, 2.05) is 48.5 Å². The van der Waals surface area contributed by atoms with Crippen LogP contribution in [0.2, 0.25) is 0 Å². The molecule has 3 N–H and O–H groups in total. The number of hydrogen-bond donors (Lipinski definition) is 3. The van der Waals surface area contributed by atoms with Crippen LogP contribution in [-0.4, -0.2) is 75.1 Å². The van der Waals surface area contributed by atoms with Crippen molar-refractivity contribution in [3.05, 3.63) is 59.7 Å². The minimum Gasteiger partial charge on any atom is -0.465 e. The second-order valence-electron chi connectivity index (χ2n) is 11.0. The zero-order valence-corrected chi connectivity index (χ0v) is 23.5. The first-order chi connectivity index (χ1) is 19.2. The van der Waals surface area contributed by atoms with Crippen molar-refractivity contribution in [3.63, 3.8) is 0 Å². The van der Waals surface area contributed by atoms with Gasteiger partial charge in [0.25, 0.3) is 0 Å². The number of hydrogen-bond acceptors (Lipinski definition) is 6. The highest BCUT2D eigenvalue weighted by Crippen LogP contribution is 2.50. The molecule has 5 rings (SSSR count). The normalized spacial score (nSPS) is 21.6. The smallest absolute Gasteiger partial charge is 0.407 e. The molecular formula is C29H37N3O7S. The van der Waals surface area contributed by atoms with E-state index >= 15 is 0 Å². The van der Waals surface area contributed by atoms with E-state index in [1.165, 1.54) is 0 Å². The Balaban J connectivity index is 1.39. The molecule has 2 atom stereocenters. The Bertz CT molecular complexity index is 1300. The zero-order valence-electron chi connectivity index (χ0n) is 22.7. The first-order valence-corrected chi connectivity index (χ1v) is 15.4. The number of fused-ring (bicyclic) bond motifs is 2. The van der Waals surface area contributed by atoms with E-state index in [-0.39, 0.29) is 32.0 Å². The lowest BCUT2D eigenvalue weighted by Gasteiger charge is -2.41. The average molecular weight is 572 g/mol. The number of nitrogens with zero attached hydrogens (tertiary/aromatic N) is 1. The summed E-state index contributed by atoms with van der Waals surface area (Å²) in [6.45, 7) is 0.957. The number of ether oxygens (including phenoxy) is 2. The molecule has 0 aromatic heterocycles. The van der Waals surface area contributed by atoms with Crippen molar-refractivity contribution in [3.8, 4) is 11.5 Å². The number of unbranched alkanes of at least 4 members (excludes halogenated alkanes) is 1. The van der Waals surface area contributed by atoms with Crippen LogP contribution in [0.5, 0.6) is 11.5 Å². The maximum atomic E-state index is 13.6. The van der Waals surface area contributed by atoms with Gasteiger partial charge in [-0.3, -0.25) is 4.79 Å². The number of piperidine rings is 1. The number of amides is 2. The Morgan fingerprint density at radius 2 is 1.70 bits per heavy atom. The molecule has 0 unspecified atom stereocenters. The van der Waals surface area contributed by atoms with Gasteiger partial charge in [0.05, 0.1) is 11.2 Å². The molecule has 216 valence electrons. The molecule has 2 heterocycles. The molecule has 2 aromatic rings. The molecule has 2 amide bonds. The van der Waals surface area contributed by atoms with Gasteiger partial charge in [-0.2, -0.15) is 0 Å². The molecule has 2 aromatic carbocycles.